The van der Waals surface area contributed by atoms with Gasteiger partial charge in [-0.1, -0.05) is 38.2 Å². The minimum atomic E-state index is -1.35. The van der Waals surface area contributed by atoms with Crippen molar-refractivity contribution < 1.29 is 38.5 Å². The van der Waals surface area contributed by atoms with Gasteiger partial charge in [0.05, 0.1) is 44.4 Å². The van der Waals surface area contributed by atoms with Crippen LogP contribution in [0, 0.1) is 17.8 Å². The third-order valence-electron chi connectivity index (χ3n) is 9.17. The smallest absolute Gasteiger partial charge is 0.313 e. The first kappa shape index (κ1) is 30.7. The molecule has 12 heteroatoms. The number of allylic oxidation sites excluding steroid dienone is 1. The topological polar surface area (TPSA) is 138 Å². The largest absolute Gasteiger partial charge is 0.460 e. The number of rotatable bonds is 6. The van der Waals surface area contributed by atoms with Gasteiger partial charge in [0.25, 0.3) is 0 Å². The van der Waals surface area contributed by atoms with Gasteiger partial charge in [-0.2, -0.15) is 0 Å². The van der Waals surface area contributed by atoms with Crippen LogP contribution in [0.1, 0.15) is 33.6 Å². The van der Waals surface area contributed by atoms with Crippen molar-refractivity contribution in [2.75, 3.05) is 59.1 Å². The zero-order valence-electron chi connectivity index (χ0n) is 24.8. The third-order valence-corrected chi connectivity index (χ3v) is 9.17. The van der Waals surface area contributed by atoms with E-state index in [1.54, 1.807) is 24.0 Å². The Labute approximate surface area is 247 Å². The summed E-state index contributed by atoms with van der Waals surface area (Å²) in [5.74, 6) is -3.50. The Bertz CT molecular complexity index is 1100. The molecule has 5 aliphatic heterocycles. The highest BCUT2D eigenvalue weighted by molar-refractivity contribution is 5.99. The standard InChI is InChI=1S/C30H44N4O8/c1-19(2)21(18-35)34-26-28(38)33(12-11-32-13-15-40-16-14-32)10-6-4-5-7-23(36)31-17-20(3)41-29(39)24-22-8-9-30(26,42-22)25(24)27(34)37/h4,6,8-9,19-22,24-26,35H,5,7,10-18H2,1-3H3,(H,31,36)/b6-4-/t20-,21-,22+,24-,25-,26+,30-/m0/s1. The molecule has 0 unspecified atom stereocenters. The lowest BCUT2D eigenvalue weighted by Gasteiger charge is -2.40. The molecule has 7 atom stereocenters. The third kappa shape index (κ3) is 5.73. The lowest BCUT2D eigenvalue weighted by atomic mass is 9.74. The van der Waals surface area contributed by atoms with Crippen LogP contribution in [0.2, 0.25) is 0 Å². The summed E-state index contributed by atoms with van der Waals surface area (Å²) in [6, 6.07) is -1.70. The maximum atomic E-state index is 14.7. The fourth-order valence-electron chi connectivity index (χ4n) is 6.88. The monoisotopic (exact) mass is 588 g/mol. The number of hydrogen-bond donors (Lipinski definition) is 2. The molecule has 5 heterocycles. The molecule has 5 bridgehead atoms. The average molecular weight is 589 g/mol. The predicted octanol–water partition coefficient (Wildman–Crippen LogP) is -0.287. The number of ether oxygens (including phenoxy) is 3. The van der Waals surface area contributed by atoms with Crippen LogP contribution >= 0.6 is 0 Å². The Kier molecular flexibility index (Phi) is 9.36. The van der Waals surface area contributed by atoms with Gasteiger partial charge in [0.2, 0.25) is 17.7 Å². The maximum absolute atomic E-state index is 14.7. The number of aliphatic hydroxyl groups excluding tert-OH is 1. The van der Waals surface area contributed by atoms with Gasteiger partial charge in [-0.15, -0.1) is 0 Å². The number of nitrogens with zero attached hydrogens (tertiary/aromatic N) is 3. The van der Waals surface area contributed by atoms with Crippen LogP contribution < -0.4 is 5.32 Å². The van der Waals surface area contributed by atoms with Gasteiger partial charge in [0.15, 0.2) is 0 Å². The van der Waals surface area contributed by atoms with E-state index in [9.17, 15) is 24.3 Å². The molecule has 3 amide bonds. The molecule has 0 aromatic carbocycles. The highest BCUT2D eigenvalue weighted by Crippen LogP contribution is 2.56. The summed E-state index contributed by atoms with van der Waals surface area (Å²) in [5.41, 5.74) is -1.35. The van der Waals surface area contributed by atoms with Crippen LogP contribution in [0.5, 0.6) is 0 Å². The van der Waals surface area contributed by atoms with E-state index in [4.69, 9.17) is 14.2 Å². The Balaban J connectivity index is 1.53. The van der Waals surface area contributed by atoms with Crippen LogP contribution in [0.15, 0.2) is 24.3 Å². The van der Waals surface area contributed by atoms with Gasteiger partial charge < -0.3 is 34.4 Å². The molecule has 0 aromatic heterocycles. The van der Waals surface area contributed by atoms with Gasteiger partial charge in [-0.25, -0.2) is 0 Å². The van der Waals surface area contributed by atoms with Crippen LogP contribution in [0.3, 0.4) is 0 Å². The van der Waals surface area contributed by atoms with Crippen LogP contribution in [-0.4, -0.2) is 132 Å². The van der Waals surface area contributed by atoms with Crippen molar-refractivity contribution >= 4 is 23.7 Å². The fourth-order valence-corrected chi connectivity index (χ4v) is 6.88. The summed E-state index contributed by atoms with van der Waals surface area (Å²) in [5, 5.41) is 13.2. The molecule has 0 radical (unpaired) electrons. The predicted molar refractivity (Wildman–Crippen MR) is 151 cm³/mol. The second kappa shape index (κ2) is 12.8. The first-order chi connectivity index (χ1) is 20.2. The molecular formula is C30H44N4O8. The molecule has 0 saturated carbocycles. The molecular weight excluding hydrogens is 544 g/mol. The Morgan fingerprint density at radius 1 is 1.10 bits per heavy atom. The summed E-state index contributed by atoms with van der Waals surface area (Å²) in [6.07, 6.45) is 6.71. The molecule has 42 heavy (non-hydrogen) atoms. The summed E-state index contributed by atoms with van der Waals surface area (Å²) >= 11 is 0. The van der Waals surface area contributed by atoms with Crippen LogP contribution in [0.25, 0.3) is 0 Å². The van der Waals surface area contributed by atoms with E-state index in [1.807, 2.05) is 26.0 Å². The molecule has 5 aliphatic rings. The zero-order valence-corrected chi connectivity index (χ0v) is 24.8. The molecule has 0 aliphatic carbocycles. The number of nitrogens with one attached hydrogen (secondary N) is 1. The highest BCUT2D eigenvalue weighted by atomic mass is 16.6. The van der Waals surface area contributed by atoms with Gasteiger partial charge >= 0.3 is 5.97 Å². The van der Waals surface area contributed by atoms with Crippen molar-refractivity contribution in [1.29, 1.82) is 0 Å². The number of hydrogen-bond acceptors (Lipinski definition) is 9. The normalized spacial score (nSPS) is 35.9. The van der Waals surface area contributed by atoms with Crippen molar-refractivity contribution in [3.8, 4) is 0 Å². The van der Waals surface area contributed by atoms with E-state index in [2.05, 4.69) is 10.2 Å². The molecule has 2 N–H and O–H groups in total. The lowest BCUT2D eigenvalue weighted by Crippen LogP contribution is -2.60. The van der Waals surface area contributed by atoms with Crippen molar-refractivity contribution in [2.24, 2.45) is 17.8 Å². The van der Waals surface area contributed by atoms with Gasteiger partial charge in [0, 0.05) is 39.1 Å². The number of carbonyl (C=O) groups is 4. The number of esters is 1. The SMILES string of the molecule is CC(C)[C@H](CO)N1C(=O)[C@@H]2[C@H]3C(=O)O[C@@H](C)CNC(=O)CC/C=C\CN(CCN4CCOCC4)C(=O)[C@@H]1[C@]21C=C[C@H]3O1. The molecule has 1 spiro atoms. The number of cyclic esters (lactones) is 1. The second-order valence-corrected chi connectivity index (χ2v) is 12.2. The van der Waals surface area contributed by atoms with Gasteiger partial charge in [0.1, 0.15) is 23.7 Å². The minimum Gasteiger partial charge on any atom is -0.460 e. The van der Waals surface area contributed by atoms with E-state index < -0.39 is 47.7 Å². The fraction of sp³-hybridized carbons (Fsp3) is 0.733. The molecule has 232 valence electrons. The summed E-state index contributed by atoms with van der Waals surface area (Å²) in [6.45, 7) is 9.42. The molecule has 3 fully saturated rings. The minimum absolute atomic E-state index is 0.147. The Morgan fingerprint density at radius 2 is 1.86 bits per heavy atom. The Hall–Kier alpha value is -2.80. The van der Waals surface area contributed by atoms with E-state index in [1.165, 1.54) is 4.90 Å². The zero-order chi connectivity index (χ0) is 30.0. The van der Waals surface area contributed by atoms with Gasteiger partial charge in [-0.05, 0) is 19.3 Å². The van der Waals surface area contributed by atoms with Crippen molar-refractivity contribution in [2.45, 2.75) is 63.5 Å². The van der Waals surface area contributed by atoms with Crippen molar-refractivity contribution in [1.82, 2.24) is 20.0 Å². The number of fused-ring (bicyclic) bond motifs is 2. The Morgan fingerprint density at radius 3 is 2.57 bits per heavy atom. The second-order valence-electron chi connectivity index (χ2n) is 12.2. The summed E-state index contributed by atoms with van der Waals surface area (Å²) < 4.78 is 17.6. The van der Waals surface area contributed by atoms with Crippen LogP contribution in [-0.2, 0) is 33.4 Å². The first-order valence-corrected chi connectivity index (χ1v) is 15.2. The maximum Gasteiger partial charge on any atom is 0.313 e. The molecule has 12 nitrogen and oxygen atoms in total. The summed E-state index contributed by atoms with van der Waals surface area (Å²) in [7, 11) is 0. The van der Waals surface area contributed by atoms with Crippen molar-refractivity contribution in [3.05, 3.63) is 24.3 Å². The van der Waals surface area contributed by atoms with Crippen LogP contribution in [0.4, 0.5) is 0 Å². The summed E-state index contributed by atoms with van der Waals surface area (Å²) in [4.78, 5) is 60.3. The van der Waals surface area contributed by atoms with E-state index >= 15 is 0 Å². The number of morpholine rings is 1. The van der Waals surface area contributed by atoms with E-state index in [0.717, 1.165) is 13.1 Å². The number of carbonyl (C=O) groups excluding carboxylic acids is 4. The van der Waals surface area contributed by atoms with Crippen molar-refractivity contribution in [3.63, 3.8) is 0 Å². The molecule has 0 aromatic rings. The molecule has 3 saturated heterocycles. The first-order valence-electron chi connectivity index (χ1n) is 15.2. The molecule has 5 rings (SSSR count). The number of aliphatic hydroxyl groups is 1. The van der Waals surface area contributed by atoms with E-state index in [0.29, 0.717) is 32.7 Å². The number of likely N-dealkylation sites (tertiary alicyclic amines) is 1. The van der Waals surface area contributed by atoms with Gasteiger partial charge in [-0.3, -0.25) is 24.1 Å². The quantitative estimate of drug-likeness (QED) is 0.317. The average Bonchev–Trinajstić information content (AvgIpc) is 3.61. The highest BCUT2D eigenvalue weighted by Gasteiger charge is 2.74. The van der Waals surface area contributed by atoms with E-state index in [-0.39, 0.29) is 49.8 Å². The number of amides is 3. The lowest BCUT2D eigenvalue weighted by molar-refractivity contribution is -0.159.